The number of likely N-dealkylation sites (tertiary alicyclic amines) is 1. The summed E-state index contributed by atoms with van der Waals surface area (Å²) < 4.78 is 5.28. The van der Waals surface area contributed by atoms with Crippen LogP contribution in [-0.2, 0) is 0 Å². The van der Waals surface area contributed by atoms with Crippen molar-refractivity contribution < 1.29 is 14.3 Å². The minimum atomic E-state index is -0.431. The number of aliphatic hydroxyl groups is 1. The number of amides is 2. The lowest BCUT2D eigenvalue weighted by Crippen LogP contribution is -2.44. The first-order valence-electron chi connectivity index (χ1n) is 7.38. The maximum atomic E-state index is 12.3. The largest absolute Gasteiger partial charge is 0.445 e. The van der Waals surface area contributed by atoms with Crippen LogP contribution in [0.1, 0.15) is 18.4 Å². The number of hydrogen-bond donors (Lipinski definition) is 2. The number of piperidine rings is 1. The first kappa shape index (κ1) is 14.6. The second-order valence-corrected chi connectivity index (χ2v) is 5.54. The number of carbonyl (C=O) groups is 1. The minimum Gasteiger partial charge on any atom is -0.445 e. The number of β-amino-alcohol motifs (C(OH)–C–C–N with tert-alkyl or cyclic N) is 1. The summed E-state index contributed by atoms with van der Waals surface area (Å²) in [6.45, 7) is 2.98. The smallest absolute Gasteiger partial charge is 0.321 e. The fraction of sp³-hybridized carbons (Fsp3) is 0.375. The van der Waals surface area contributed by atoms with Gasteiger partial charge in [-0.05, 0) is 37.5 Å². The highest BCUT2D eigenvalue weighted by Gasteiger charge is 2.22. The molecule has 2 N–H and O–H groups in total. The molecule has 3 rings (SSSR count). The van der Waals surface area contributed by atoms with Crippen LogP contribution in [-0.4, -0.2) is 40.2 Å². The molecular formula is C16H19N3O3. The van der Waals surface area contributed by atoms with Crippen molar-refractivity contribution in [2.75, 3.05) is 18.4 Å². The molecule has 116 valence electrons. The number of aromatic nitrogens is 1. The van der Waals surface area contributed by atoms with Crippen LogP contribution in [0.2, 0.25) is 0 Å². The monoisotopic (exact) mass is 301 g/mol. The van der Waals surface area contributed by atoms with E-state index in [2.05, 4.69) is 10.3 Å². The Hall–Kier alpha value is -2.34. The molecule has 1 aromatic heterocycles. The number of aliphatic hydroxyl groups excluding tert-OH is 1. The molecule has 1 aliphatic heterocycles. The van der Waals surface area contributed by atoms with Gasteiger partial charge in [0.05, 0.1) is 12.3 Å². The topological polar surface area (TPSA) is 78.6 Å². The van der Waals surface area contributed by atoms with Gasteiger partial charge >= 0.3 is 6.03 Å². The van der Waals surface area contributed by atoms with Gasteiger partial charge in [-0.1, -0.05) is 6.07 Å². The van der Waals surface area contributed by atoms with Crippen LogP contribution >= 0.6 is 0 Å². The third kappa shape index (κ3) is 3.12. The number of nitrogens with zero attached hydrogens (tertiary/aromatic N) is 2. The highest BCUT2D eigenvalue weighted by atomic mass is 16.3. The normalized spacial score (nSPS) is 18.3. The molecule has 1 unspecified atom stereocenters. The van der Waals surface area contributed by atoms with Gasteiger partial charge in [-0.15, -0.1) is 0 Å². The molecule has 6 nitrogen and oxygen atoms in total. The number of hydrogen-bond acceptors (Lipinski definition) is 4. The Morgan fingerprint density at radius 3 is 3.09 bits per heavy atom. The van der Waals surface area contributed by atoms with Gasteiger partial charge in [-0.25, -0.2) is 9.78 Å². The molecule has 1 atom stereocenters. The zero-order chi connectivity index (χ0) is 15.5. The van der Waals surface area contributed by atoms with E-state index in [0.717, 1.165) is 29.7 Å². The van der Waals surface area contributed by atoms with Crippen molar-refractivity contribution in [3.8, 4) is 11.5 Å². The average molecular weight is 301 g/mol. The molecule has 1 saturated heterocycles. The van der Waals surface area contributed by atoms with E-state index in [9.17, 15) is 9.90 Å². The van der Waals surface area contributed by atoms with Crippen molar-refractivity contribution >= 4 is 11.7 Å². The molecule has 2 amide bonds. The number of rotatable bonds is 2. The number of benzene rings is 1. The minimum absolute atomic E-state index is 0.189. The Morgan fingerprint density at radius 2 is 2.36 bits per heavy atom. The summed E-state index contributed by atoms with van der Waals surface area (Å²) in [4.78, 5) is 18.1. The number of nitrogens with one attached hydrogen (secondary N) is 1. The van der Waals surface area contributed by atoms with E-state index in [1.807, 2.05) is 25.1 Å². The first-order valence-corrected chi connectivity index (χ1v) is 7.38. The maximum absolute atomic E-state index is 12.3. The van der Waals surface area contributed by atoms with Gasteiger partial charge in [0.25, 0.3) is 0 Å². The molecule has 0 radical (unpaired) electrons. The summed E-state index contributed by atoms with van der Waals surface area (Å²) in [6, 6.07) is 5.48. The Bertz CT molecular complexity index is 655. The van der Waals surface area contributed by atoms with E-state index in [-0.39, 0.29) is 6.03 Å². The molecule has 2 heterocycles. The van der Waals surface area contributed by atoms with Gasteiger partial charge < -0.3 is 19.7 Å². The quantitative estimate of drug-likeness (QED) is 0.893. The van der Waals surface area contributed by atoms with Gasteiger partial charge in [0.1, 0.15) is 6.26 Å². The molecule has 0 spiro atoms. The molecule has 22 heavy (non-hydrogen) atoms. The van der Waals surface area contributed by atoms with E-state index >= 15 is 0 Å². The standard InChI is InChI=1S/C16H19N3O3/c1-11-4-5-12(15-17-6-8-22-15)9-14(11)18-16(21)19-7-2-3-13(20)10-19/h4-6,8-9,13,20H,2-3,7,10H2,1H3,(H,18,21). The van der Waals surface area contributed by atoms with Crippen LogP contribution in [0.25, 0.3) is 11.5 Å². The molecule has 0 saturated carbocycles. The van der Waals surface area contributed by atoms with E-state index in [1.54, 1.807) is 11.1 Å². The van der Waals surface area contributed by atoms with Crippen LogP contribution in [0.4, 0.5) is 10.5 Å². The second-order valence-electron chi connectivity index (χ2n) is 5.54. The summed E-state index contributed by atoms with van der Waals surface area (Å²) in [5.41, 5.74) is 2.49. The van der Waals surface area contributed by atoms with Crippen molar-refractivity contribution in [1.82, 2.24) is 9.88 Å². The van der Waals surface area contributed by atoms with Gasteiger partial charge in [0, 0.05) is 24.3 Å². The first-order chi connectivity index (χ1) is 10.6. The number of aryl methyl sites for hydroxylation is 1. The zero-order valence-corrected chi connectivity index (χ0v) is 12.5. The third-order valence-corrected chi connectivity index (χ3v) is 3.84. The molecular weight excluding hydrogens is 282 g/mol. The lowest BCUT2D eigenvalue weighted by molar-refractivity contribution is 0.0883. The van der Waals surface area contributed by atoms with Gasteiger partial charge in [-0.3, -0.25) is 0 Å². The van der Waals surface area contributed by atoms with Crippen molar-refractivity contribution in [2.45, 2.75) is 25.9 Å². The summed E-state index contributed by atoms with van der Waals surface area (Å²) >= 11 is 0. The van der Waals surface area contributed by atoms with E-state index < -0.39 is 6.10 Å². The van der Waals surface area contributed by atoms with Crippen LogP contribution in [0, 0.1) is 6.92 Å². The number of anilines is 1. The Balaban J connectivity index is 1.76. The van der Waals surface area contributed by atoms with Crippen molar-refractivity contribution in [3.63, 3.8) is 0 Å². The van der Waals surface area contributed by atoms with Gasteiger partial charge in [0.2, 0.25) is 5.89 Å². The predicted molar refractivity (Wildman–Crippen MR) is 82.5 cm³/mol. The van der Waals surface area contributed by atoms with Crippen LogP contribution in [0.15, 0.2) is 35.1 Å². The Morgan fingerprint density at radius 1 is 1.50 bits per heavy atom. The molecule has 1 aliphatic rings. The lowest BCUT2D eigenvalue weighted by atomic mass is 10.1. The third-order valence-electron chi connectivity index (χ3n) is 3.84. The van der Waals surface area contributed by atoms with Gasteiger partial charge in [0.15, 0.2) is 0 Å². The maximum Gasteiger partial charge on any atom is 0.321 e. The van der Waals surface area contributed by atoms with Crippen molar-refractivity contribution in [3.05, 3.63) is 36.2 Å². The molecule has 0 aliphatic carbocycles. The fourth-order valence-corrected chi connectivity index (χ4v) is 2.59. The van der Waals surface area contributed by atoms with Crippen molar-refractivity contribution in [2.24, 2.45) is 0 Å². The number of carbonyl (C=O) groups excluding carboxylic acids is 1. The summed E-state index contributed by atoms with van der Waals surface area (Å²) in [7, 11) is 0. The Kier molecular flexibility index (Phi) is 4.11. The predicted octanol–water partition coefficient (Wildman–Crippen LogP) is 2.64. The highest BCUT2D eigenvalue weighted by Crippen LogP contribution is 2.24. The molecule has 2 aromatic rings. The molecule has 6 heteroatoms. The van der Waals surface area contributed by atoms with Crippen LogP contribution in [0.5, 0.6) is 0 Å². The highest BCUT2D eigenvalue weighted by molar-refractivity contribution is 5.91. The van der Waals surface area contributed by atoms with Crippen LogP contribution < -0.4 is 5.32 Å². The number of oxazole rings is 1. The molecule has 1 aromatic carbocycles. The van der Waals surface area contributed by atoms with Crippen molar-refractivity contribution in [1.29, 1.82) is 0 Å². The van der Waals surface area contributed by atoms with E-state index in [0.29, 0.717) is 19.0 Å². The molecule has 0 bridgehead atoms. The fourth-order valence-electron chi connectivity index (χ4n) is 2.59. The average Bonchev–Trinajstić information content (AvgIpc) is 3.04. The Labute approximate surface area is 128 Å². The van der Waals surface area contributed by atoms with E-state index in [4.69, 9.17) is 4.42 Å². The summed E-state index contributed by atoms with van der Waals surface area (Å²) in [6.07, 6.45) is 4.25. The number of urea groups is 1. The van der Waals surface area contributed by atoms with Gasteiger partial charge in [-0.2, -0.15) is 0 Å². The molecule has 1 fully saturated rings. The van der Waals surface area contributed by atoms with E-state index in [1.165, 1.54) is 6.26 Å². The summed E-state index contributed by atoms with van der Waals surface area (Å²) in [5.74, 6) is 0.517. The zero-order valence-electron chi connectivity index (χ0n) is 12.5. The lowest BCUT2D eigenvalue weighted by Gasteiger charge is -2.30. The second kappa shape index (κ2) is 6.19. The SMILES string of the molecule is Cc1ccc(-c2ncco2)cc1NC(=O)N1CCCC(O)C1. The van der Waals surface area contributed by atoms with Crippen LogP contribution in [0.3, 0.4) is 0 Å². The summed E-state index contributed by atoms with van der Waals surface area (Å²) in [5, 5.41) is 12.6.